The van der Waals surface area contributed by atoms with E-state index in [1.54, 1.807) is 7.11 Å². The maximum Gasteiger partial charge on any atom is 0.161 e. The summed E-state index contributed by atoms with van der Waals surface area (Å²) in [6.45, 7) is 2.64. The number of nitrogens with one attached hydrogen (secondary N) is 1. The van der Waals surface area contributed by atoms with Crippen LogP contribution < -0.4 is 14.8 Å². The minimum Gasteiger partial charge on any atom is -0.493 e. The molecule has 2 heterocycles. The van der Waals surface area contributed by atoms with Gasteiger partial charge in [0.2, 0.25) is 0 Å². The van der Waals surface area contributed by atoms with Crippen LogP contribution in [0.4, 0.5) is 0 Å². The van der Waals surface area contributed by atoms with E-state index in [1.807, 2.05) is 12.4 Å². The second-order valence-corrected chi connectivity index (χ2v) is 6.62. The first kappa shape index (κ1) is 17.7. The van der Waals surface area contributed by atoms with E-state index in [0.717, 1.165) is 37.4 Å². The third kappa shape index (κ3) is 4.30. The number of hydrogen-bond acceptors (Lipinski definition) is 5. The molecule has 5 heteroatoms. The van der Waals surface area contributed by atoms with Crippen LogP contribution in [-0.2, 0) is 6.42 Å². The number of aromatic nitrogens is 1. The minimum atomic E-state index is 0.168. The number of fused-ring (bicyclic) bond motifs is 1. The molecule has 1 N–H and O–H groups in total. The van der Waals surface area contributed by atoms with E-state index in [9.17, 15) is 0 Å². The van der Waals surface area contributed by atoms with Crippen LogP contribution in [0, 0.1) is 0 Å². The summed E-state index contributed by atoms with van der Waals surface area (Å²) in [6.07, 6.45) is 5.66. The largest absolute Gasteiger partial charge is 0.493 e. The van der Waals surface area contributed by atoms with Gasteiger partial charge in [-0.25, -0.2) is 0 Å². The molecule has 0 spiro atoms. The maximum atomic E-state index is 6.04. The Balaban J connectivity index is 1.85. The van der Waals surface area contributed by atoms with Crippen LogP contribution in [-0.4, -0.2) is 50.8 Å². The lowest BCUT2D eigenvalue weighted by Crippen LogP contribution is -2.30. The highest BCUT2D eigenvalue weighted by molar-refractivity contribution is 5.51. The molecule has 0 saturated heterocycles. The van der Waals surface area contributed by atoms with Crippen molar-refractivity contribution in [3.05, 3.63) is 53.3 Å². The first-order valence-electron chi connectivity index (χ1n) is 8.80. The number of ether oxygens (including phenoxy) is 2. The number of nitrogens with zero attached hydrogens (tertiary/aromatic N) is 2. The Hall–Kier alpha value is -2.11. The van der Waals surface area contributed by atoms with E-state index in [2.05, 4.69) is 53.6 Å². The molecule has 1 aromatic carbocycles. The topological polar surface area (TPSA) is 46.6 Å². The fourth-order valence-corrected chi connectivity index (χ4v) is 3.25. The Kier molecular flexibility index (Phi) is 5.89. The molecule has 1 atom stereocenters. The maximum absolute atomic E-state index is 6.04. The monoisotopic (exact) mass is 341 g/mol. The van der Waals surface area contributed by atoms with Crippen LogP contribution in [0.1, 0.15) is 29.2 Å². The summed E-state index contributed by atoms with van der Waals surface area (Å²) in [5.41, 5.74) is 3.80. The summed E-state index contributed by atoms with van der Waals surface area (Å²) < 4.78 is 11.6. The van der Waals surface area contributed by atoms with Gasteiger partial charge >= 0.3 is 0 Å². The lowest BCUT2D eigenvalue weighted by molar-refractivity contribution is 0.267. The molecule has 134 valence electrons. The Morgan fingerprint density at radius 1 is 1.20 bits per heavy atom. The predicted molar refractivity (Wildman–Crippen MR) is 99.4 cm³/mol. The second kappa shape index (κ2) is 8.32. The van der Waals surface area contributed by atoms with Crippen LogP contribution in [0.25, 0.3) is 0 Å². The van der Waals surface area contributed by atoms with Gasteiger partial charge in [-0.3, -0.25) is 4.98 Å². The molecular formula is C20H27N3O2. The quantitative estimate of drug-likeness (QED) is 0.785. The number of pyridine rings is 1. The van der Waals surface area contributed by atoms with Crippen LogP contribution in [0.15, 0.2) is 36.7 Å². The van der Waals surface area contributed by atoms with Crippen LogP contribution in [0.3, 0.4) is 0 Å². The Labute approximate surface area is 150 Å². The van der Waals surface area contributed by atoms with Gasteiger partial charge in [-0.05, 0) is 67.9 Å². The molecule has 0 saturated carbocycles. The van der Waals surface area contributed by atoms with Crippen LogP contribution in [0.5, 0.6) is 11.5 Å². The van der Waals surface area contributed by atoms with Crippen molar-refractivity contribution in [3.63, 3.8) is 0 Å². The highest BCUT2D eigenvalue weighted by Crippen LogP contribution is 2.37. The molecule has 1 aliphatic rings. The van der Waals surface area contributed by atoms with E-state index >= 15 is 0 Å². The lowest BCUT2D eigenvalue weighted by Gasteiger charge is -2.28. The molecular weight excluding hydrogens is 314 g/mol. The molecule has 2 aromatic rings. The zero-order valence-corrected chi connectivity index (χ0v) is 15.3. The van der Waals surface area contributed by atoms with Crippen molar-refractivity contribution in [2.45, 2.75) is 18.9 Å². The molecule has 0 bridgehead atoms. The molecule has 1 aliphatic heterocycles. The third-order valence-corrected chi connectivity index (χ3v) is 4.53. The van der Waals surface area contributed by atoms with Crippen molar-refractivity contribution in [1.29, 1.82) is 0 Å². The molecule has 1 aromatic heterocycles. The fourth-order valence-electron chi connectivity index (χ4n) is 3.25. The van der Waals surface area contributed by atoms with Crippen LogP contribution in [0.2, 0.25) is 0 Å². The van der Waals surface area contributed by atoms with Gasteiger partial charge in [0.1, 0.15) is 0 Å². The van der Waals surface area contributed by atoms with E-state index < -0.39 is 0 Å². The van der Waals surface area contributed by atoms with Gasteiger partial charge in [0.25, 0.3) is 0 Å². The summed E-state index contributed by atoms with van der Waals surface area (Å²) in [5.74, 6) is 1.64. The lowest BCUT2D eigenvalue weighted by atomic mass is 9.90. The smallest absolute Gasteiger partial charge is 0.161 e. The summed E-state index contributed by atoms with van der Waals surface area (Å²) in [4.78, 5) is 6.29. The first-order chi connectivity index (χ1) is 12.2. The molecule has 0 radical (unpaired) electrons. The number of methoxy groups -OCH3 is 1. The number of benzene rings is 1. The summed E-state index contributed by atoms with van der Waals surface area (Å²) in [7, 11) is 5.85. The van der Waals surface area contributed by atoms with E-state index in [1.165, 1.54) is 16.7 Å². The summed E-state index contributed by atoms with van der Waals surface area (Å²) in [5, 5.41) is 3.61. The minimum absolute atomic E-state index is 0.168. The third-order valence-electron chi connectivity index (χ3n) is 4.53. The highest BCUT2D eigenvalue weighted by Gasteiger charge is 2.24. The highest BCUT2D eigenvalue weighted by atomic mass is 16.5. The van der Waals surface area contributed by atoms with Crippen molar-refractivity contribution in [2.75, 3.05) is 40.9 Å². The van der Waals surface area contributed by atoms with Crippen molar-refractivity contribution < 1.29 is 9.47 Å². The predicted octanol–water partition coefficient (Wildman–Crippen LogP) is 2.66. The van der Waals surface area contributed by atoms with Gasteiger partial charge < -0.3 is 19.7 Å². The Morgan fingerprint density at radius 3 is 2.72 bits per heavy atom. The van der Waals surface area contributed by atoms with Gasteiger partial charge in [-0.2, -0.15) is 0 Å². The van der Waals surface area contributed by atoms with Gasteiger partial charge in [0.15, 0.2) is 11.5 Å². The van der Waals surface area contributed by atoms with Gasteiger partial charge in [-0.15, -0.1) is 0 Å². The SMILES string of the molecule is COc1cc2c(cc1OCCCN(C)C)C(c1ccncc1)NCC2. The van der Waals surface area contributed by atoms with E-state index in [4.69, 9.17) is 9.47 Å². The van der Waals surface area contributed by atoms with Crippen LogP contribution >= 0.6 is 0 Å². The standard InChI is InChI=1S/C20H27N3O2/c1-23(2)11-4-12-25-19-14-17-16(13-18(19)24-3)7-10-22-20(17)15-5-8-21-9-6-15/h5-6,8-9,13-14,20,22H,4,7,10-12H2,1-3H3. The average Bonchev–Trinajstić information content (AvgIpc) is 2.64. The van der Waals surface area contributed by atoms with Crippen molar-refractivity contribution in [2.24, 2.45) is 0 Å². The molecule has 0 fully saturated rings. The summed E-state index contributed by atoms with van der Waals surface area (Å²) in [6, 6.07) is 8.57. The van der Waals surface area contributed by atoms with Crippen molar-refractivity contribution in [1.82, 2.24) is 15.2 Å². The van der Waals surface area contributed by atoms with Gasteiger partial charge in [0, 0.05) is 25.5 Å². The van der Waals surface area contributed by atoms with E-state index in [0.29, 0.717) is 6.61 Å². The zero-order valence-electron chi connectivity index (χ0n) is 15.3. The number of rotatable bonds is 7. The van der Waals surface area contributed by atoms with Crippen molar-refractivity contribution >= 4 is 0 Å². The molecule has 25 heavy (non-hydrogen) atoms. The van der Waals surface area contributed by atoms with Crippen molar-refractivity contribution in [3.8, 4) is 11.5 Å². The molecule has 3 rings (SSSR count). The van der Waals surface area contributed by atoms with Gasteiger partial charge in [0.05, 0.1) is 19.8 Å². The molecule has 1 unspecified atom stereocenters. The molecule has 0 aliphatic carbocycles. The number of hydrogen-bond donors (Lipinski definition) is 1. The Morgan fingerprint density at radius 2 is 2.00 bits per heavy atom. The van der Waals surface area contributed by atoms with E-state index in [-0.39, 0.29) is 6.04 Å². The Bertz CT molecular complexity index is 689. The van der Waals surface area contributed by atoms with Gasteiger partial charge in [-0.1, -0.05) is 0 Å². The molecule has 5 nitrogen and oxygen atoms in total. The summed E-state index contributed by atoms with van der Waals surface area (Å²) >= 11 is 0. The second-order valence-electron chi connectivity index (χ2n) is 6.62. The first-order valence-corrected chi connectivity index (χ1v) is 8.80. The average molecular weight is 341 g/mol. The zero-order chi connectivity index (χ0) is 17.6. The molecule has 0 amide bonds. The fraction of sp³-hybridized carbons (Fsp3) is 0.450. The normalized spacial score (nSPS) is 16.6.